The first-order chi connectivity index (χ1) is 8.31. The Balaban J connectivity index is 2.80. The normalized spacial score (nSPS) is 12.2. The van der Waals surface area contributed by atoms with Crippen LogP contribution in [0.1, 0.15) is 33.3 Å². The van der Waals surface area contributed by atoms with E-state index < -0.39 is 8.32 Å². The van der Waals surface area contributed by atoms with Gasteiger partial charge >= 0.3 is 0 Å². The van der Waals surface area contributed by atoms with E-state index in [1.54, 1.807) is 0 Å². The Morgan fingerprint density at radius 1 is 0.944 bits per heavy atom. The lowest BCUT2D eigenvalue weighted by Gasteiger charge is -2.31. The van der Waals surface area contributed by atoms with Crippen LogP contribution in [0.3, 0.4) is 0 Å². The van der Waals surface area contributed by atoms with Crippen LogP contribution >= 0.6 is 0 Å². The van der Waals surface area contributed by atoms with Gasteiger partial charge in [0.05, 0.1) is 0 Å². The van der Waals surface area contributed by atoms with E-state index >= 15 is 0 Å². The first kappa shape index (κ1) is 15.3. The molecule has 0 atom stereocenters. The highest BCUT2D eigenvalue weighted by Crippen LogP contribution is 2.28. The quantitative estimate of drug-likeness (QED) is 0.637. The Kier molecular flexibility index (Phi) is 5.45. The Labute approximate surface area is 114 Å². The lowest BCUT2D eigenvalue weighted by Crippen LogP contribution is -2.40. The van der Waals surface area contributed by atoms with Crippen LogP contribution in [0, 0.1) is 18.8 Å². The number of rotatable bonds is 6. The predicted molar refractivity (Wildman–Crippen MR) is 82.7 cm³/mol. The van der Waals surface area contributed by atoms with Gasteiger partial charge in [-0.1, -0.05) is 45.4 Å². The van der Waals surface area contributed by atoms with E-state index in [1.165, 1.54) is 17.7 Å². The molecule has 0 aromatic heterocycles. The van der Waals surface area contributed by atoms with Gasteiger partial charge in [0.25, 0.3) is 0 Å². The van der Waals surface area contributed by atoms with Crippen molar-refractivity contribution in [2.75, 3.05) is 0 Å². The second-order valence-corrected chi connectivity index (χ2v) is 10.5. The maximum atomic E-state index is 6.42. The average Bonchev–Trinajstić information content (AvgIpc) is 2.18. The molecule has 0 N–H and O–H groups in total. The van der Waals surface area contributed by atoms with E-state index in [0.29, 0.717) is 11.8 Å². The minimum Gasteiger partial charge on any atom is -0.544 e. The van der Waals surface area contributed by atoms with E-state index in [0.717, 1.165) is 5.75 Å². The standard InChI is InChI=1S/C16H28OSi/c1-13(2)11-18(6,12-14(3)4)17-16-9-7-15(5)8-10-16/h7-10,13-14H,11-12H2,1-6H3. The SMILES string of the molecule is Cc1ccc(O[Si](C)(CC(C)C)CC(C)C)cc1. The van der Waals surface area contributed by atoms with Crippen molar-refractivity contribution in [1.82, 2.24) is 0 Å². The second kappa shape index (κ2) is 6.42. The fourth-order valence-electron chi connectivity index (χ4n) is 2.78. The van der Waals surface area contributed by atoms with Gasteiger partial charge in [-0.25, -0.2) is 0 Å². The number of hydrogen-bond donors (Lipinski definition) is 0. The Morgan fingerprint density at radius 3 is 1.78 bits per heavy atom. The predicted octanol–water partition coefficient (Wildman–Crippen LogP) is 5.26. The molecule has 1 rings (SSSR count). The summed E-state index contributed by atoms with van der Waals surface area (Å²) in [5, 5.41) is 0. The molecular weight excluding hydrogens is 236 g/mol. The third kappa shape index (κ3) is 5.26. The van der Waals surface area contributed by atoms with Gasteiger partial charge in [0.1, 0.15) is 5.75 Å². The average molecular weight is 264 g/mol. The molecule has 0 amide bonds. The molecule has 0 aliphatic carbocycles. The van der Waals surface area contributed by atoms with Gasteiger partial charge in [-0.15, -0.1) is 0 Å². The van der Waals surface area contributed by atoms with Crippen LogP contribution in [-0.4, -0.2) is 8.32 Å². The summed E-state index contributed by atoms with van der Waals surface area (Å²) in [5.41, 5.74) is 1.29. The molecule has 0 fully saturated rings. The van der Waals surface area contributed by atoms with Crippen LogP contribution in [0.4, 0.5) is 0 Å². The molecule has 0 bridgehead atoms. The van der Waals surface area contributed by atoms with E-state index in [1.807, 2.05) is 0 Å². The maximum absolute atomic E-state index is 6.42. The first-order valence-electron chi connectivity index (χ1n) is 7.06. The summed E-state index contributed by atoms with van der Waals surface area (Å²) in [4.78, 5) is 0. The highest BCUT2D eigenvalue weighted by Gasteiger charge is 2.32. The zero-order valence-corrected chi connectivity index (χ0v) is 13.8. The summed E-state index contributed by atoms with van der Waals surface area (Å²) in [6.07, 6.45) is 0. The molecule has 2 heteroatoms. The molecule has 0 heterocycles. The highest BCUT2D eigenvalue weighted by atomic mass is 28.4. The van der Waals surface area contributed by atoms with Crippen molar-refractivity contribution in [2.45, 2.75) is 53.3 Å². The molecule has 0 spiro atoms. The Morgan fingerprint density at radius 2 is 1.39 bits per heavy atom. The van der Waals surface area contributed by atoms with Gasteiger partial charge in [0.15, 0.2) is 0 Å². The highest BCUT2D eigenvalue weighted by molar-refractivity contribution is 6.73. The third-order valence-electron chi connectivity index (χ3n) is 3.07. The summed E-state index contributed by atoms with van der Waals surface area (Å²) < 4.78 is 6.42. The van der Waals surface area contributed by atoms with E-state index in [9.17, 15) is 0 Å². The molecular formula is C16H28OSi. The lowest BCUT2D eigenvalue weighted by atomic mass is 10.2. The van der Waals surface area contributed by atoms with Crippen LogP contribution < -0.4 is 4.43 Å². The van der Waals surface area contributed by atoms with Crippen LogP contribution in [-0.2, 0) is 0 Å². The molecule has 1 aromatic rings. The molecule has 0 radical (unpaired) electrons. The monoisotopic (exact) mass is 264 g/mol. The van der Waals surface area contributed by atoms with Gasteiger partial charge < -0.3 is 4.43 Å². The Hall–Kier alpha value is -0.763. The van der Waals surface area contributed by atoms with Gasteiger partial charge in [0, 0.05) is 0 Å². The van der Waals surface area contributed by atoms with E-state index in [-0.39, 0.29) is 0 Å². The smallest absolute Gasteiger partial charge is 0.248 e. The fraction of sp³-hybridized carbons (Fsp3) is 0.625. The zero-order chi connectivity index (χ0) is 13.8. The summed E-state index contributed by atoms with van der Waals surface area (Å²) in [6.45, 7) is 13.7. The lowest BCUT2D eigenvalue weighted by molar-refractivity contribution is 0.500. The van der Waals surface area contributed by atoms with Gasteiger partial charge in [-0.05, 0) is 49.5 Å². The number of benzene rings is 1. The van der Waals surface area contributed by atoms with Gasteiger partial charge in [-0.2, -0.15) is 0 Å². The second-order valence-electron chi connectivity index (χ2n) is 6.56. The van der Waals surface area contributed by atoms with Crippen LogP contribution in [0.2, 0.25) is 18.6 Å². The molecule has 1 aromatic carbocycles. The van der Waals surface area contributed by atoms with Crippen molar-refractivity contribution in [2.24, 2.45) is 11.8 Å². The zero-order valence-electron chi connectivity index (χ0n) is 12.8. The van der Waals surface area contributed by atoms with E-state index in [2.05, 4.69) is 65.4 Å². The van der Waals surface area contributed by atoms with E-state index in [4.69, 9.17) is 4.43 Å². The molecule has 0 unspecified atom stereocenters. The fourth-order valence-corrected chi connectivity index (χ4v) is 7.28. The topological polar surface area (TPSA) is 9.23 Å². The van der Waals surface area contributed by atoms with Crippen LogP contribution in [0.15, 0.2) is 24.3 Å². The summed E-state index contributed by atoms with van der Waals surface area (Å²) in [6, 6.07) is 11.0. The molecule has 0 aliphatic rings. The van der Waals surface area contributed by atoms with Crippen LogP contribution in [0.25, 0.3) is 0 Å². The van der Waals surface area contributed by atoms with Crippen molar-refractivity contribution in [3.8, 4) is 5.75 Å². The van der Waals surface area contributed by atoms with Gasteiger partial charge in [0.2, 0.25) is 8.32 Å². The summed E-state index contributed by atoms with van der Waals surface area (Å²) >= 11 is 0. The van der Waals surface area contributed by atoms with Crippen molar-refractivity contribution >= 4 is 8.32 Å². The van der Waals surface area contributed by atoms with Crippen molar-refractivity contribution in [3.63, 3.8) is 0 Å². The molecule has 0 saturated carbocycles. The van der Waals surface area contributed by atoms with Crippen molar-refractivity contribution in [1.29, 1.82) is 0 Å². The molecule has 0 aliphatic heterocycles. The molecule has 0 saturated heterocycles. The number of hydrogen-bond acceptors (Lipinski definition) is 1. The Bertz CT molecular complexity index is 344. The molecule has 18 heavy (non-hydrogen) atoms. The van der Waals surface area contributed by atoms with Crippen molar-refractivity contribution < 1.29 is 4.43 Å². The van der Waals surface area contributed by atoms with Crippen LogP contribution in [0.5, 0.6) is 5.75 Å². The molecule has 102 valence electrons. The molecule has 1 nitrogen and oxygen atoms in total. The summed E-state index contributed by atoms with van der Waals surface area (Å²) in [5.74, 6) is 2.48. The summed E-state index contributed by atoms with van der Waals surface area (Å²) in [7, 11) is -1.63. The van der Waals surface area contributed by atoms with Crippen molar-refractivity contribution in [3.05, 3.63) is 29.8 Å². The minimum absolute atomic E-state index is 0.714. The minimum atomic E-state index is -1.63. The van der Waals surface area contributed by atoms with Gasteiger partial charge in [-0.3, -0.25) is 0 Å². The largest absolute Gasteiger partial charge is 0.544 e. The number of aryl methyl sites for hydroxylation is 1. The third-order valence-corrected chi connectivity index (χ3v) is 7.15. The first-order valence-corrected chi connectivity index (χ1v) is 9.89. The maximum Gasteiger partial charge on any atom is 0.248 e.